The standard InChI is InChI=1S/C8H17N3O2S2/c1-7-5-10(2)3-4-11(7)15(12,13)6-8(9)14/h7H,3-6H2,1-2H3,(H2,9,14). The van der Waals surface area contributed by atoms with Crippen LogP contribution in [-0.2, 0) is 10.0 Å². The number of hydrogen-bond donors (Lipinski definition) is 1. The van der Waals surface area contributed by atoms with Crippen LogP contribution in [-0.4, -0.2) is 61.1 Å². The first-order chi connectivity index (χ1) is 6.83. The predicted octanol–water partition coefficient (Wildman–Crippen LogP) is -0.762. The van der Waals surface area contributed by atoms with E-state index in [4.69, 9.17) is 5.73 Å². The fraction of sp³-hybridized carbons (Fsp3) is 0.875. The Hall–Kier alpha value is -0.240. The van der Waals surface area contributed by atoms with Crippen LogP contribution < -0.4 is 5.73 Å². The summed E-state index contributed by atoms with van der Waals surface area (Å²) >= 11 is 4.64. The highest BCUT2D eigenvalue weighted by Gasteiger charge is 2.31. The van der Waals surface area contributed by atoms with Crippen LogP contribution in [0.25, 0.3) is 0 Å². The molecule has 0 spiro atoms. The molecular weight excluding hydrogens is 234 g/mol. The highest BCUT2D eigenvalue weighted by molar-refractivity contribution is 7.92. The van der Waals surface area contributed by atoms with Crippen molar-refractivity contribution in [2.24, 2.45) is 5.73 Å². The molecular formula is C8H17N3O2S2. The molecule has 0 saturated carbocycles. The monoisotopic (exact) mass is 251 g/mol. The van der Waals surface area contributed by atoms with Gasteiger partial charge in [0.2, 0.25) is 10.0 Å². The molecule has 1 unspecified atom stereocenters. The Morgan fingerprint density at radius 2 is 2.13 bits per heavy atom. The van der Waals surface area contributed by atoms with E-state index in [1.807, 2.05) is 14.0 Å². The van der Waals surface area contributed by atoms with Gasteiger partial charge in [0.05, 0.1) is 4.99 Å². The molecule has 1 heterocycles. The van der Waals surface area contributed by atoms with Gasteiger partial charge < -0.3 is 10.6 Å². The van der Waals surface area contributed by atoms with Gasteiger partial charge in [-0.3, -0.25) is 0 Å². The third-order valence-electron chi connectivity index (χ3n) is 2.45. The molecule has 0 aromatic rings. The van der Waals surface area contributed by atoms with Crippen molar-refractivity contribution in [3.63, 3.8) is 0 Å². The van der Waals surface area contributed by atoms with Gasteiger partial charge in [-0.1, -0.05) is 12.2 Å². The van der Waals surface area contributed by atoms with Crippen LogP contribution in [0, 0.1) is 0 Å². The summed E-state index contributed by atoms with van der Waals surface area (Å²) < 4.78 is 25.2. The largest absolute Gasteiger partial charge is 0.392 e. The Morgan fingerprint density at radius 3 is 2.60 bits per heavy atom. The van der Waals surface area contributed by atoms with Crippen molar-refractivity contribution in [3.05, 3.63) is 0 Å². The van der Waals surface area contributed by atoms with Gasteiger partial charge in [-0.25, -0.2) is 8.42 Å². The van der Waals surface area contributed by atoms with E-state index in [2.05, 4.69) is 17.1 Å². The summed E-state index contributed by atoms with van der Waals surface area (Å²) in [5, 5.41) is 0. The van der Waals surface area contributed by atoms with Crippen LogP contribution in [0.5, 0.6) is 0 Å². The van der Waals surface area contributed by atoms with Crippen LogP contribution in [0.1, 0.15) is 6.92 Å². The first-order valence-electron chi connectivity index (χ1n) is 4.79. The van der Waals surface area contributed by atoms with Crippen molar-refractivity contribution in [1.82, 2.24) is 9.21 Å². The number of piperazine rings is 1. The average molecular weight is 251 g/mol. The number of nitrogens with zero attached hydrogens (tertiary/aromatic N) is 2. The molecule has 7 heteroatoms. The van der Waals surface area contributed by atoms with Crippen LogP contribution in [0.2, 0.25) is 0 Å². The van der Waals surface area contributed by atoms with Gasteiger partial charge in [0.1, 0.15) is 5.75 Å². The lowest BCUT2D eigenvalue weighted by Crippen LogP contribution is -2.53. The van der Waals surface area contributed by atoms with E-state index < -0.39 is 10.0 Å². The summed E-state index contributed by atoms with van der Waals surface area (Å²) in [6.45, 7) is 3.91. The van der Waals surface area contributed by atoms with Crippen LogP contribution in [0.15, 0.2) is 0 Å². The van der Waals surface area contributed by atoms with E-state index in [1.165, 1.54) is 4.31 Å². The number of nitrogens with two attached hydrogens (primary N) is 1. The molecule has 88 valence electrons. The number of thiocarbonyl (C=S) groups is 1. The van der Waals surface area contributed by atoms with Crippen molar-refractivity contribution in [1.29, 1.82) is 0 Å². The van der Waals surface area contributed by atoms with E-state index in [0.717, 1.165) is 13.1 Å². The molecule has 1 rings (SSSR count). The second-order valence-corrected chi connectivity index (χ2v) is 6.39. The Balaban J connectivity index is 2.75. The van der Waals surface area contributed by atoms with Crippen molar-refractivity contribution in [3.8, 4) is 0 Å². The van der Waals surface area contributed by atoms with E-state index in [0.29, 0.717) is 6.54 Å². The lowest BCUT2D eigenvalue weighted by Gasteiger charge is -2.37. The highest BCUT2D eigenvalue weighted by atomic mass is 32.2. The molecule has 1 aliphatic heterocycles. The average Bonchev–Trinajstić information content (AvgIpc) is 1.99. The topological polar surface area (TPSA) is 66.6 Å². The summed E-state index contributed by atoms with van der Waals surface area (Å²) in [5.41, 5.74) is 5.27. The summed E-state index contributed by atoms with van der Waals surface area (Å²) in [6.07, 6.45) is 0. The zero-order chi connectivity index (χ0) is 11.6. The Bertz CT molecular complexity index is 342. The first kappa shape index (κ1) is 12.8. The molecule has 0 bridgehead atoms. The number of hydrogen-bond acceptors (Lipinski definition) is 4. The Kier molecular flexibility index (Phi) is 4.05. The molecule has 1 atom stereocenters. The molecule has 1 aliphatic rings. The predicted molar refractivity (Wildman–Crippen MR) is 64.2 cm³/mol. The molecule has 1 saturated heterocycles. The Labute approximate surface area is 96.3 Å². The third-order valence-corrected chi connectivity index (χ3v) is 4.71. The maximum Gasteiger partial charge on any atom is 0.220 e. The van der Waals surface area contributed by atoms with Crippen molar-refractivity contribution < 1.29 is 8.42 Å². The zero-order valence-corrected chi connectivity index (χ0v) is 10.6. The quantitative estimate of drug-likeness (QED) is 0.668. The highest BCUT2D eigenvalue weighted by Crippen LogP contribution is 2.13. The van der Waals surface area contributed by atoms with Crippen molar-refractivity contribution >= 4 is 27.2 Å². The molecule has 5 nitrogen and oxygen atoms in total. The molecule has 0 radical (unpaired) electrons. The fourth-order valence-electron chi connectivity index (χ4n) is 1.80. The minimum Gasteiger partial charge on any atom is -0.392 e. The number of likely N-dealkylation sites (N-methyl/N-ethyl adjacent to an activating group) is 1. The Morgan fingerprint density at radius 1 is 1.53 bits per heavy atom. The summed E-state index contributed by atoms with van der Waals surface area (Å²) in [7, 11) is -1.33. The summed E-state index contributed by atoms with van der Waals surface area (Å²) in [5.74, 6) is -0.226. The number of sulfonamides is 1. The molecule has 0 aromatic carbocycles. The second-order valence-electron chi connectivity index (χ2n) is 3.94. The minimum atomic E-state index is -3.31. The fourth-order valence-corrected chi connectivity index (χ4v) is 3.75. The first-order valence-corrected chi connectivity index (χ1v) is 6.81. The van der Waals surface area contributed by atoms with Gasteiger partial charge in [-0.05, 0) is 14.0 Å². The van der Waals surface area contributed by atoms with Gasteiger partial charge in [0.25, 0.3) is 0 Å². The SMILES string of the molecule is CC1CN(C)CCN1S(=O)(=O)CC(N)=S. The van der Waals surface area contributed by atoms with E-state index in [9.17, 15) is 8.42 Å². The number of rotatable bonds is 3. The van der Waals surface area contributed by atoms with Gasteiger partial charge in [0, 0.05) is 25.7 Å². The molecule has 0 amide bonds. The minimum absolute atomic E-state index is 0.0110. The van der Waals surface area contributed by atoms with Crippen LogP contribution in [0.3, 0.4) is 0 Å². The molecule has 0 aliphatic carbocycles. The maximum absolute atomic E-state index is 11.9. The molecule has 2 N–H and O–H groups in total. The summed E-state index contributed by atoms with van der Waals surface area (Å²) in [4.78, 5) is 2.14. The maximum atomic E-state index is 11.9. The van der Waals surface area contributed by atoms with E-state index >= 15 is 0 Å². The smallest absolute Gasteiger partial charge is 0.220 e. The normalized spacial score (nSPS) is 25.3. The lowest BCUT2D eigenvalue weighted by atomic mass is 10.2. The molecule has 0 aromatic heterocycles. The zero-order valence-electron chi connectivity index (χ0n) is 9.01. The third kappa shape index (κ3) is 3.37. The second kappa shape index (κ2) is 4.73. The van der Waals surface area contributed by atoms with Gasteiger partial charge in [0.15, 0.2) is 0 Å². The lowest BCUT2D eigenvalue weighted by molar-refractivity contribution is 0.171. The van der Waals surface area contributed by atoms with Crippen molar-refractivity contribution in [2.75, 3.05) is 32.4 Å². The van der Waals surface area contributed by atoms with Crippen LogP contribution in [0.4, 0.5) is 0 Å². The van der Waals surface area contributed by atoms with Gasteiger partial charge in [-0.2, -0.15) is 4.31 Å². The summed E-state index contributed by atoms with van der Waals surface area (Å²) in [6, 6.07) is -0.0110. The molecule has 15 heavy (non-hydrogen) atoms. The van der Waals surface area contributed by atoms with E-state index in [-0.39, 0.29) is 16.8 Å². The van der Waals surface area contributed by atoms with Gasteiger partial charge in [-0.15, -0.1) is 0 Å². The van der Waals surface area contributed by atoms with E-state index in [1.54, 1.807) is 0 Å². The van der Waals surface area contributed by atoms with Crippen molar-refractivity contribution in [2.45, 2.75) is 13.0 Å². The van der Waals surface area contributed by atoms with Crippen LogP contribution >= 0.6 is 12.2 Å². The van der Waals surface area contributed by atoms with Gasteiger partial charge >= 0.3 is 0 Å². The molecule has 1 fully saturated rings.